The standard InChI is InChI=1S/C16H19NO/c1-17(2)11-10-15(18)12-14-8-5-7-13-6-3-4-9-16(13)14/h3-9H,10-12H2,1-2H3. The average molecular weight is 241 g/mol. The number of benzene rings is 2. The molecule has 0 N–H and O–H groups in total. The monoisotopic (exact) mass is 241 g/mol. The third kappa shape index (κ3) is 3.17. The van der Waals surface area contributed by atoms with Crippen molar-refractivity contribution in [2.45, 2.75) is 12.8 Å². The van der Waals surface area contributed by atoms with E-state index in [1.807, 2.05) is 37.2 Å². The van der Waals surface area contributed by atoms with Crippen LogP contribution in [-0.2, 0) is 11.2 Å². The predicted octanol–water partition coefficient (Wildman–Crippen LogP) is 2.90. The van der Waals surface area contributed by atoms with E-state index in [2.05, 4.69) is 24.3 Å². The third-order valence-electron chi connectivity index (χ3n) is 3.11. The minimum absolute atomic E-state index is 0.306. The normalized spacial score (nSPS) is 11.1. The quantitative estimate of drug-likeness (QED) is 0.802. The van der Waals surface area contributed by atoms with Gasteiger partial charge in [0.25, 0.3) is 0 Å². The molecule has 0 fully saturated rings. The zero-order valence-corrected chi connectivity index (χ0v) is 11.0. The van der Waals surface area contributed by atoms with E-state index in [0.717, 1.165) is 12.1 Å². The van der Waals surface area contributed by atoms with Crippen molar-refractivity contribution in [1.29, 1.82) is 0 Å². The van der Waals surface area contributed by atoms with Crippen LogP contribution in [0, 0.1) is 0 Å². The molecular formula is C16H19NO. The molecule has 18 heavy (non-hydrogen) atoms. The maximum Gasteiger partial charge on any atom is 0.138 e. The molecule has 0 saturated heterocycles. The van der Waals surface area contributed by atoms with Crippen molar-refractivity contribution in [3.8, 4) is 0 Å². The van der Waals surface area contributed by atoms with Crippen molar-refractivity contribution in [1.82, 2.24) is 4.90 Å². The summed E-state index contributed by atoms with van der Waals surface area (Å²) in [4.78, 5) is 14.0. The van der Waals surface area contributed by atoms with Gasteiger partial charge >= 0.3 is 0 Å². The highest BCUT2D eigenvalue weighted by Gasteiger charge is 2.07. The molecule has 0 aliphatic heterocycles. The summed E-state index contributed by atoms with van der Waals surface area (Å²) in [5.41, 5.74) is 1.14. The molecule has 0 amide bonds. The van der Waals surface area contributed by atoms with Gasteiger partial charge in [0.2, 0.25) is 0 Å². The van der Waals surface area contributed by atoms with Crippen LogP contribution in [0.5, 0.6) is 0 Å². The molecule has 0 saturated carbocycles. The van der Waals surface area contributed by atoms with Crippen LogP contribution in [0.15, 0.2) is 42.5 Å². The number of carbonyl (C=O) groups excluding carboxylic acids is 1. The molecule has 0 aliphatic carbocycles. The molecule has 0 atom stereocenters. The summed E-state index contributed by atoms with van der Waals surface area (Å²) >= 11 is 0. The molecule has 2 aromatic rings. The number of fused-ring (bicyclic) bond motifs is 1. The Hall–Kier alpha value is -1.67. The molecule has 0 radical (unpaired) electrons. The second kappa shape index (κ2) is 5.78. The van der Waals surface area contributed by atoms with Gasteiger partial charge in [0.15, 0.2) is 0 Å². The average Bonchev–Trinajstić information content (AvgIpc) is 2.37. The van der Waals surface area contributed by atoms with E-state index in [1.165, 1.54) is 10.8 Å². The Bertz CT molecular complexity index is 540. The first-order valence-corrected chi connectivity index (χ1v) is 6.30. The highest BCUT2D eigenvalue weighted by atomic mass is 16.1. The van der Waals surface area contributed by atoms with E-state index in [0.29, 0.717) is 18.6 Å². The predicted molar refractivity (Wildman–Crippen MR) is 75.8 cm³/mol. The van der Waals surface area contributed by atoms with Gasteiger partial charge in [-0.1, -0.05) is 42.5 Å². The minimum Gasteiger partial charge on any atom is -0.309 e. The van der Waals surface area contributed by atoms with E-state index in [1.54, 1.807) is 0 Å². The zero-order chi connectivity index (χ0) is 13.0. The molecule has 2 heteroatoms. The molecular weight excluding hydrogens is 222 g/mol. The second-order valence-corrected chi connectivity index (χ2v) is 4.91. The first-order valence-electron chi connectivity index (χ1n) is 6.30. The molecule has 0 heterocycles. The van der Waals surface area contributed by atoms with Gasteiger partial charge in [-0.2, -0.15) is 0 Å². The number of carbonyl (C=O) groups is 1. The summed E-state index contributed by atoms with van der Waals surface area (Å²) < 4.78 is 0. The topological polar surface area (TPSA) is 20.3 Å². The summed E-state index contributed by atoms with van der Waals surface area (Å²) in [7, 11) is 3.98. The lowest BCUT2D eigenvalue weighted by Crippen LogP contribution is -2.17. The van der Waals surface area contributed by atoms with Crippen LogP contribution in [0.1, 0.15) is 12.0 Å². The fourth-order valence-electron chi connectivity index (χ4n) is 2.10. The number of rotatable bonds is 5. The number of nitrogens with zero attached hydrogens (tertiary/aromatic N) is 1. The fraction of sp³-hybridized carbons (Fsp3) is 0.312. The first kappa shape index (κ1) is 12.8. The lowest BCUT2D eigenvalue weighted by molar-refractivity contribution is -0.118. The molecule has 0 bridgehead atoms. The van der Waals surface area contributed by atoms with E-state index in [9.17, 15) is 4.79 Å². The van der Waals surface area contributed by atoms with Gasteiger partial charge in [0, 0.05) is 19.4 Å². The lowest BCUT2D eigenvalue weighted by Gasteiger charge is -2.09. The van der Waals surface area contributed by atoms with Gasteiger partial charge < -0.3 is 4.90 Å². The van der Waals surface area contributed by atoms with Crippen LogP contribution in [-0.4, -0.2) is 31.3 Å². The van der Waals surface area contributed by atoms with Gasteiger partial charge in [0.05, 0.1) is 0 Å². The summed E-state index contributed by atoms with van der Waals surface area (Å²) in [6, 6.07) is 14.4. The number of Topliss-reactive ketones (excluding diaryl/α,β-unsaturated/α-hetero) is 1. The number of ketones is 1. The van der Waals surface area contributed by atoms with Crippen LogP contribution < -0.4 is 0 Å². The van der Waals surface area contributed by atoms with Crippen molar-refractivity contribution < 1.29 is 4.79 Å². The molecule has 2 rings (SSSR count). The Kier molecular flexibility index (Phi) is 4.11. The maximum atomic E-state index is 11.9. The van der Waals surface area contributed by atoms with Crippen molar-refractivity contribution in [2.24, 2.45) is 0 Å². The zero-order valence-electron chi connectivity index (χ0n) is 11.0. The number of hydrogen-bond donors (Lipinski definition) is 0. The summed E-state index contributed by atoms with van der Waals surface area (Å²) in [6.07, 6.45) is 1.16. The summed E-state index contributed by atoms with van der Waals surface area (Å²) in [5.74, 6) is 0.306. The first-order chi connectivity index (χ1) is 8.66. The van der Waals surface area contributed by atoms with Crippen LogP contribution in [0.4, 0.5) is 0 Å². The lowest BCUT2D eigenvalue weighted by atomic mass is 9.99. The van der Waals surface area contributed by atoms with Gasteiger partial charge in [-0.25, -0.2) is 0 Å². The van der Waals surface area contributed by atoms with Crippen LogP contribution in [0.25, 0.3) is 10.8 Å². The molecule has 2 nitrogen and oxygen atoms in total. The van der Waals surface area contributed by atoms with Crippen molar-refractivity contribution in [3.05, 3.63) is 48.0 Å². The van der Waals surface area contributed by atoms with Crippen molar-refractivity contribution in [2.75, 3.05) is 20.6 Å². The van der Waals surface area contributed by atoms with Crippen LogP contribution >= 0.6 is 0 Å². The largest absolute Gasteiger partial charge is 0.309 e. The van der Waals surface area contributed by atoms with Gasteiger partial charge in [-0.3, -0.25) is 4.79 Å². The summed E-state index contributed by atoms with van der Waals surface area (Å²) in [6.45, 7) is 0.823. The minimum atomic E-state index is 0.306. The van der Waals surface area contributed by atoms with E-state index in [-0.39, 0.29) is 0 Å². The molecule has 0 aromatic heterocycles. The molecule has 0 unspecified atom stereocenters. The molecule has 2 aromatic carbocycles. The Morgan fingerprint density at radius 3 is 2.56 bits per heavy atom. The molecule has 0 aliphatic rings. The van der Waals surface area contributed by atoms with E-state index >= 15 is 0 Å². The van der Waals surface area contributed by atoms with Crippen LogP contribution in [0.3, 0.4) is 0 Å². The maximum absolute atomic E-state index is 11.9. The third-order valence-corrected chi connectivity index (χ3v) is 3.11. The van der Waals surface area contributed by atoms with Crippen molar-refractivity contribution >= 4 is 16.6 Å². The Morgan fingerprint density at radius 2 is 1.78 bits per heavy atom. The summed E-state index contributed by atoms with van der Waals surface area (Å²) in [5, 5.41) is 2.40. The molecule has 0 spiro atoms. The van der Waals surface area contributed by atoms with E-state index < -0.39 is 0 Å². The smallest absolute Gasteiger partial charge is 0.138 e. The fourth-order valence-corrected chi connectivity index (χ4v) is 2.10. The SMILES string of the molecule is CN(C)CCC(=O)Cc1cccc2ccccc12. The van der Waals surface area contributed by atoms with Gasteiger partial charge in [-0.05, 0) is 30.4 Å². The van der Waals surface area contributed by atoms with Crippen molar-refractivity contribution in [3.63, 3.8) is 0 Å². The Balaban J connectivity index is 2.14. The highest BCUT2D eigenvalue weighted by Crippen LogP contribution is 2.19. The van der Waals surface area contributed by atoms with Gasteiger partial charge in [0.1, 0.15) is 5.78 Å². The number of hydrogen-bond acceptors (Lipinski definition) is 2. The Morgan fingerprint density at radius 1 is 1.06 bits per heavy atom. The molecule has 94 valence electrons. The second-order valence-electron chi connectivity index (χ2n) is 4.91. The van der Waals surface area contributed by atoms with Gasteiger partial charge in [-0.15, -0.1) is 0 Å². The van der Waals surface area contributed by atoms with Crippen LogP contribution in [0.2, 0.25) is 0 Å². The van der Waals surface area contributed by atoms with E-state index in [4.69, 9.17) is 0 Å². The Labute approximate surface area is 108 Å². The highest BCUT2D eigenvalue weighted by molar-refractivity contribution is 5.90.